The highest BCUT2D eigenvalue weighted by molar-refractivity contribution is 6.34. The molecule has 1 unspecified atom stereocenters. The van der Waals surface area contributed by atoms with E-state index >= 15 is 0 Å². The molecule has 20 heavy (non-hydrogen) atoms. The number of nitrogens with zero attached hydrogens (tertiary/aromatic N) is 4. The molecular weight excluding hydrogens is 299 g/mol. The Morgan fingerprint density at radius 1 is 1.35 bits per heavy atom. The van der Waals surface area contributed by atoms with Gasteiger partial charge in [0, 0.05) is 26.2 Å². The van der Waals surface area contributed by atoms with Crippen molar-refractivity contribution in [3.63, 3.8) is 0 Å². The van der Waals surface area contributed by atoms with Gasteiger partial charge in [0.15, 0.2) is 0 Å². The van der Waals surface area contributed by atoms with Crippen LogP contribution >= 0.6 is 23.2 Å². The second-order valence-electron chi connectivity index (χ2n) is 4.61. The molecule has 0 aliphatic carbocycles. The SMILES string of the molecule is CC(C#N)N1CCN(C(=O)c2ccc(Cl)nc2Cl)CC1. The molecule has 1 atom stereocenters. The van der Waals surface area contributed by atoms with Crippen LogP contribution in [0.3, 0.4) is 0 Å². The maximum absolute atomic E-state index is 12.4. The number of halogens is 2. The first kappa shape index (κ1) is 15.0. The fourth-order valence-corrected chi connectivity index (χ4v) is 2.56. The van der Waals surface area contributed by atoms with Gasteiger partial charge < -0.3 is 4.90 Å². The Hall–Kier alpha value is -1.35. The molecule has 0 saturated carbocycles. The third-order valence-electron chi connectivity index (χ3n) is 3.38. The number of hydrogen-bond donors (Lipinski definition) is 0. The smallest absolute Gasteiger partial charge is 0.257 e. The topological polar surface area (TPSA) is 60.2 Å². The number of carbonyl (C=O) groups is 1. The largest absolute Gasteiger partial charge is 0.336 e. The quantitative estimate of drug-likeness (QED) is 0.784. The fraction of sp³-hybridized carbons (Fsp3) is 0.462. The van der Waals surface area contributed by atoms with E-state index in [1.165, 1.54) is 0 Å². The van der Waals surface area contributed by atoms with Crippen molar-refractivity contribution in [2.75, 3.05) is 26.2 Å². The summed E-state index contributed by atoms with van der Waals surface area (Å²) in [5.74, 6) is -0.150. The van der Waals surface area contributed by atoms with Crippen molar-refractivity contribution in [2.24, 2.45) is 0 Å². The molecule has 7 heteroatoms. The van der Waals surface area contributed by atoms with E-state index in [4.69, 9.17) is 28.5 Å². The van der Waals surface area contributed by atoms with E-state index in [0.717, 1.165) is 0 Å². The van der Waals surface area contributed by atoms with Gasteiger partial charge in [-0.3, -0.25) is 9.69 Å². The predicted molar refractivity (Wildman–Crippen MR) is 76.8 cm³/mol. The maximum Gasteiger partial charge on any atom is 0.257 e. The number of piperazine rings is 1. The first-order valence-corrected chi connectivity index (χ1v) is 7.03. The summed E-state index contributed by atoms with van der Waals surface area (Å²) in [6.45, 7) is 4.36. The third-order valence-corrected chi connectivity index (χ3v) is 3.88. The van der Waals surface area contributed by atoms with Crippen LogP contribution in [0.5, 0.6) is 0 Å². The molecule has 1 aliphatic heterocycles. The summed E-state index contributed by atoms with van der Waals surface area (Å²) in [7, 11) is 0. The zero-order valence-corrected chi connectivity index (χ0v) is 12.5. The molecule has 1 aromatic rings. The normalized spacial score (nSPS) is 17.6. The fourth-order valence-electron chi connectivity index (χ4n) is 2.14. The molecule has 0 radical (unpaired) electrons. The number of pyridine rings is 1. The van der Waals surface area contributed by atoms with Gasteiger partial charge in [-0.15, -0.1) is 0 Å². The average molecular weight is 313 g/mol. The van der Waals surface area contributed by atoms with E-state index in [2.05, 4.69) is 11.1 Å². The van der Waals surface area contributed by atoms with Gasteiger partial charge in [-0.1, -0.05) is 23.2 Å². The second-order valence-corrected chi connectivity index (χ2v) is 5.35. The summed E-state index contributed by atoms with van der Waals surface area (Å²) < 4.78 is 0. The summed E-state index contributed by atoms with van der Waals surface area (Å²) >= 11 is 11.7. The molecule has 0 spiro atoms. The molecule has 1 aliphatic rings. The minimum atomic E-state index is -0.150. The van der Waals surface area contributed by atoms with Crippen LogP contribution in [0, 0.1) is 11.3 Å². The molecule has 106 valence electrons. The van der Waals surface area contributed by atoms with Crippen LogP contribution in [0.2, 0.25) is 10.3 Å². The van der Waals surface area contributed by atoms with Gasteiger partial charge in [-0.2, -0.15) is 5.26 Å². The summed E-state index contributed by atoms with van der Waals surface area (Å²) in [5.41, 5.74) is 0.359. The monoisotopic (exact) mass is 312 g/mol. The second kappa shape index (κ2) is 6.40. The van der Waals surface area contributed by atoms with Crippen LogP contribution < -0.4 is 0 Å². The van der Waals surface area contributed by atoms with Crippen LogP contribution in [0.1, 0.15) is 17.3 Å². The average Bonchev–Trinajstić information content (AvgIpc) is 2.46. The van der Waals surface area contributed by atoms with Crippen molar-refractivity contribution in [1.82, 2.24) is 14.8 Å². The van der Waals surface area contributed by atoms with E-state index in [1.54, 1.807) is 17.0 Å². The van der Waals surface area contributed by atoms with Crippen molar-refractivity contribution in [2.45, 2.75) is 13.0 Å². The van der Waals surface area contributed by atoms with Gasteiger partial charge >= 0.3 is 0 Å². The number of hydrogen-bond acceptors (Lipinski definition) is 4. The van der Waals surface area contributed by atoms with Crippen LogP contribution in [0.25, 0.3) is 0 Å². The zero-order chi connectivity index (χ0) is 14.7. The van der Waals surface area contributed by atoms with Crippen LogP contribution in [0.4, 0.5) is 0 Å². The molecule has 2 heterocycles. The number of carbonyl (C=O) groups excluding carboxylic acids is 1. The van der Waals surface area contributed by atoms with E-state index in [9.17, 15) is 4.79 Å². The Bertz CT molecular complexity index is 550. The Labute approximate surface area is 127 Å². The van der Waals surface area contributed by atoms with Gasteiger partial charge in [0.05, 0.1) is 17.7 Å². The molecule has 1 saturated heterocycles. The van der Waals surface area contributed by atoms with Crippen molar-refractivity contribution >= 4 is 29.1 Å². The highest BCUT2D eigenvalue weighted by Gasteiger charge is 2.26. The van der Waals surface area contributed by atoms with Crippen LogP contribution in [-0.4, -0.2) is 52.9 Å². The first-order chi connectivity index (χ1) is 9.52. The molecule has 1 fully saturated rings. The van der Waals surface area contributed by atoms with E-state index in [1.807, 2.05) is 11.8 Å². The molecular formula is C13H14Cl2N4O. The van der Waals surface area contributed by atoms with Gasteiger partial charge in [0.2, 0.25) is 0 Å². The lowest BCUT2D eigenvalue weighted by Crippen LogP contribution is -2.51. The molecule has 5 nitrogen and oxygen atoms in total. The lowest BCUT2D eigenvalue weighted by Gasteiger charge is -2.35. The molecule has 1 amide bonds. The molecule has 0 N–H and O–H groups in total. The van der Waals surface area contributed by atoms with Gasteiger partial charge in [0.1, 0.15) is 10.3 Å². The summed E-state index contributed by atoms with van der Waals surface area (Å²) in [6, 6.07) is 5.21. The lowest BCUT2D eigenvalue weighted by molar-refractivity contribution is 0.0615. The van der Waals surface area contributed by atoms with Crippen molar-refractivity contribution in [1.29, 1.82) is 5.26 Å². The number of amides is 1. The van der Waals surface area contributed by atoms with Crippen molar-refractivity contribution in [3.8, 4) is 6.07 Å². The van der Waals surface area contributed by atoms with Crippen LogP contribution in [0.15, 0.2) is 12.1 Å². The Kier molecular flexibility index (Phi) is 4.81. The lowest BCUT2D eigenvalue weighted by atomic mass is 10.2. The number of rotatable bonds is 2. The molecule has 2 rings (SSSR count). The van der Waals surface area contributed by atoms with Crippen LogP contribution in [-0.2, 0) is 0 Å². The van der Waals surface area contributed by atoms with E-state index in [0.29, 0.717) is 31.7 Å². The Morgan fingerprint density at radius 2 is 2.00 bits per heavy atom. The minimum absolute atomic E-state index is 0.121. The molecule has 0 aromatic carbocycles. The van der Waals surface area contributed by atoms with Crippen molar-refractivity contribution in [3.05, 3.63) is 28.0 Å². The predicted octanol–water partition coefficient (Wildman–Crippen LogP) is 2.06. The Morgan fingerprint density at radius 3 is 2.55 bits per heavy atom. The van der Waals surface area contributed by atoms with Gasteiger partial charge in [-0.25, -0.2) is 4.98 Å². The highest BCUT2D eigenvalue weighted by Crippen LogP contribution is 2.19. The van der Waals surface area contributed by atoms with Gasteiger partial charge in [0.25, 0.3) is 5.91 Å². The van der Waals surface area contributed by atoms with E-state index < -0.39 is 0 Å². The number of aromatic nitrogens is 1. The zero-order valence-electron chi connectivity index (χ0n) is 11.0. The molecule has 0 bridgehead atoms. The standard InChI is InChI=1S/C13H14Cl2N4O/c1-9(8-16)18-4-6-19(7-5-18)13(20)10-2-3-11(14)17-12(10)15/h2-3,9H,4-7H2,1H3. The van der Waals surface area contributed by atoms with E-state index in [-0.39, 0.29) is 22.3 Å². The Balaban J connectivity index is 2.04. The summed E-state index contributed by atoms with van der Waals surface area (Å²) in [6.07, 6.45) is 0. The first-order valence-electron chi connectivity index (χ1n) is 6.28. The number of nitriles is 1. The van der Waals surface area contributed by atoms with Crippen molar-refractivity contribution < 1.29 is 4.79 Å². The summed E-state index contributed by atoms with van der Waals surface area (Å²) in [4.78, 5) is 20.0. The molecule has 1 aromatic heterocycles. The van der Waals surface area contributed by atoms with Gasteiger partial charge in [-0.05, 0) is 19.1 Å². The minimum Gasteiger partial charge on any atom is -0.336 e. The summed E-state index contributed by atoms with van der Waals surface area (Å²) in [5, 5.41) is 9.28. The maximum atomic E-state index is 12.4. The third kappa shape index (κ3) is 3.21. The highest BCUT2D eigenvalue weighted by atomic mass is 35.5.